The summed E-state index contributed by atoms with van der Waals surface area (Å²) in [6.07, 6.45) is 0.503. The number of rotatable bonds is 5. The van der Waals surface area contributed by atoms with Crippen molar-refractivity contribution in [1.29, 1.82) is 0 Å². The van der Waals surface area contributed by atoms with Crippen molar-refractivity contribution in [2.75, 3.05) is 13.1 Å². The largest absolute Gasteiger partial charge is 0.508 e. The number of phenols is 1. The zero-order valence-electron chi connectivity index (χ0n) is 16.3. The minimum Gasteiger partial charge on any atom is -0.508 e. The Morgan fingerprint density at radius 2 is 1.83 bits per heavy atom. The summed E-state index contributed by atoms with van der Waals surface area (Å²) in [4.78, 5) is 6.29. The van der Waals surface area contributed by atoms with Gasteiger partial charge in [0, 0.05) is 12.7 Å². The molecule has 0 radical (unpaired) electrons. The summed E-state index contributed by atoms with van der Waals surface area (Å²) in [5, 5.41) is 17.9. The second kappa shape index (κ2) is 8.43. The van der Waals surface area contributed by atoms with Gasteiger partial charge in [-0.15, -0.1) is 5.10 Å². The fourth-order valence-electron chi connectivity index (χ4n) is 3.83. The highest BCUT2D eigenvalue weighted by Crippen LogP contribution is 2.30. The molecule has 4 rings (SSSR count). The molecule has 0 saturated carbocycles. The van der Waals surface area contributed by atoms with Crippen LogP contribution in [-0.2, 0) is 19.3 Å². The highest BCUT2D eigenvalue weighted by Gasteiger charge is 2.30. The number of halogens is 3. The standard InChI is InChI=1S/C21H22F3N5O/c22-21(23,24)17-4-7-25-18(11-17)13-29-14-19(26-27-29)12-28-8-5-15(6-9-28)16-2-1-3-20(30)10-16/h1-4,7,10-11,14-15,30H,5-6,8-9,12-13H2. The number of likely N-dealkylation sites (tertiary alicyclic amines) is 1. The molecular formula is C21H22F3N5O. The summed E-state index contributed by atoms with van der Waals surface area (Å²) >= 11 is 0. The van der Waals surface area contributed by atoms with E-state index in [-0.39, 0.29) is 12.2 Å². The number of aromatic nitrogens is 4. The molecule has 6 nitrogen and oxygen atoms in total. The second-order valence-electron chi connectivity index (χ2n) is 7.59. The van der Waals surface area contributed by atoms with Gasteiger partial charge in [0.25, 0.3) is 0 Å². The maximum absolute atomic E-state index is 12.8. The number of benzene rings is 1. The van der Waals surface area contributed by atoms with Crippen molar-refractivity contribution in [3.63, 3.8) is 0 Å². The van der Waals surface area contributed by atoms with Gasteiger partial charge in [-0.25, -0.2) is 4.68 Å². The summed E-state index contributed by atoms with van der Waals surface area (Å²) in [6, 6.07) is 9.41. The SMILES string of the molecule is Oc1cccc(C2CCN(Cc3cn(Cc4cc(C(F)(F)F)ccn4)nn3)CC2)c1. The van der Waals surface area contributed by atoms with Crippen LogP contribution < -0.4 is 0 Å². The molecule has 3 heterocycles. The molecule has 158 valence electrons. The van der Waals surface area contributed by atoms with Crippen LogP contribution >= 0.6 is 0 Å². The Hall–Kier alpha value is -2.94. The topological polar surface area (TPSA) is 67.1 Å². The fraction of sp³-hybridized carbons (Fsp3) is 0.381. The Balaban J connectivity index is 1.32. The number of piperidine rings is 1. The van der Waals surface area contributed by atoms with Gasteiger partial charge < -0.3 is 5.11 Å². The predicted octanol–water partition coefficient (Wildman–Crippen LogP) is 3.83. The van der Waals surface area contributed by atoms with Gasteiger partial charge in [0.15, 0.2) is 0 Å². The molecule has 0 aliphatic carbocycles. The van der Waals surface area contributed by atoms with E-state index in [4.69, 9.17) is 0 Å². The molecule has 0 unspecified atom stereocenters. The molecule has 9 heteroatoms. The van der Waals surface area contributed by atoms with Crippen molar-refractivity contribution in [2.45, 2.75) is 38.0 Å². The molecule has 1 aromatic carbocycles. The molecule has 0 amide bonds. The first-order valence-corrected chi connectivity index (χ1v) is 9.79. The Morgan fingerprint density at radius 1 is 1.03 bits per heavy atom. The van der Waals surface area contributed by atoms with Gasteiger partial charge in [0.2, 0.25) is 0 Å². The summed E-state index contributed by atoms with van der Waals surface area (Å²) in [7, 11) is 0. The van der Waals surface area contributed by atoms with E-state index in [1.165, 1.54) is 4.68 Å². The minimum atomic E-state index is -4.39. The molecule has 0 spiro atoms. The molecule has 0 atom stereocenters. The van der Waals surface area contributed by atoms with Crippen LogP contribution in [0.25, 0.3) is 0 Å². The fourth-order valence-corrected chi connectivity index (χ4v) is 3.83. The van der Waals surface area contributed by atoms with Gasteiger partial charge >= 0.3 is 6.18 Å². The Labute approximate surface area is 172 Å². The highest BCUT2D eigenvalue weighted by atomic mass is 19.4. The number of hydrogen-bond donors (Lipinski definition) is 1. The third-order valence-electron chi connectivity index (χ3n) is 5.37. The summed E-state index contributed by atoms with van der Waals surface area (Å²) < 4.78 is 40.1. The zero-order chi connectivity index (χ0) is 21.1. The van der Waals surface area contributed by atoms with E-state index >= 15 is 0 Å². The van der Waals surface area contributed by atoms with E-state index in [0.717, 1.165) is 55.5 Å². The predicted molar refractivity (Wildman–Crippen MR) is 104 cm³/mol. The maximum atomic E-state index is 12.8. The normalized spacial score (nSPS) is 16.1. The van der Waals surface area contributed by atoms with Crippen molar-refractivity contribution in [3.05, 3.63) is 71.3 Å². The van der Waals surface area contributed by atoms with Crippen molar-refractivity contribution in [2.24, 2.45) is 0 Å². The van der Waals surface area contributed by atoms with Gasteiger partial charge in [-0.05, 0) is 61.7 Å². The van der Waals surface area contributed by atoms with Crippen molar-refractivity contribution in [3.8, 4) is 5.75 Å². The van der Waals surface area contributed by atoms with E-state index in [1.807, 2.05) is 18.2 Å². The monoisotopic (exact) mass is 417 g/mol. The van der Waals surface area contributed by atoms with Crippen molar-refractivity contribution >= 4 is 0 Å². The molecule has 2 aromatic heterocycles. The van der Waals surface area contributed by atoms with Crippen LogP contribution in [0.1, 0.15) is 41.3 Å². The smallest absolute Gasteiger partial charge is 0.416 e. The van der Waals surface area contributed by atoms with Crippen molar-refractivity contribution < 1.29 is 18.3 Å². The first kappa shape index (κ1) is 20.3. The summed E-state index contributed by atoms with van der Waals surface area (Å²) in [6.45, 7) is 2.59. The van der Waals surface area contributed by atoms with Gasteiger partial charge in [-0.3, -0.25) is 9.88 Å². The quantitative estimate of drug-likeness (QED) is 0.684. The highest BCUT2D eigenvalue weighted by molar-refractivity contribution is 5.30. The Morgan fingerprint density at radius 3 is 2.57 bits per heavy atom. The van der Waals surface area contributed by atoms with E-state index in [0.29, 0.717) is 18.2 Å². The number of pyridine rings is 1. The van der Waals surface area contributed by atoms with Crippen molar-refractivity contribution in [1.82, 2.24) is 24.9 Å². The van der Waals surface area contributed by atoms with Crippen LogP contribution in [0.15, 0.2) is 48.8 Å². The van der Waals surface area contributed by atoms with Crippen LogP contribution in [0.5, 0.6) is 5.75 Å². The number of aromatic hydroxyl groups is 1. The lowest BCUT2D eigenvalue weighted by Crippen LogP contribution is -2.32. The maximum Gasteiger partial charge on any atom is 0.416 e. The lowest BCUT2D eigenvalue weighted by molar-refractivity contribution is -0.137. The van der Waals surface area contributed by atoms with Gasteiger partial charge in [-0.2, -0.15) is 13.2 Å². The van der Waals surface area contributed by atoms with Crippen LogP contribution in [0.3, 0.4) is 0 Å². The minimum absolute atomic E-state index is 0.135. The van der Waals surface area contributed by atoms with Crippen LogP contribution in [-0.4, -0.2) is 43.1 Å². The average molecular weight is 417 g/mol. The lowest BCUT2D eigenvalue weighted by Gasteiger charge is -2.31. The molecule has 1 aliphatic heterocycles. The van der Waals surface area contributed by atoms with E-state index in [2.05, 4.69) is 20.2 Å². The first-order valence-electron chi connectivity index (χ1n) is 9.79. The molecule has 1 fully saturated rings. The number of alkyl halides is 3. The Bertz CT molecular complexity index is 996. The van der Waals surface area contributed by atoms with Gasteiger partial charge in [-0.1, -0.05) is 17.3 Å². The zero-order valence-corrected chi connectivity index (χ0v) is 16.3. The van der Waals surface area contributed by atoms with Gasteiger partial charge in [0.1, 0.15) is 5.75 Å². The van der Waals surface area contributed by atoms with Gasteiger partial charge in [0.05, 0.1) is 29.7 Å². The molecule has 1 aliphatic rings. The third-order valence-corrected chi connectivity index (χ3v) is 5.37. The molecule has 3 aromatic rings. The van der Waals surface area contributed by atoms with E-state index in [1.54, 1.807) is 12.3 Å². The number of phenolic OH excluding ortho intramolecular Hbond substituents is 1. The van der Waals surface area contributed by atoms with Crippen LogP contribution in [0, 0.1) is 0 Å². The lowest BCUT2D eigenvalue weighted by atomic mass is 9.89. The van der Waals surface area contributed by atoms with E-state index < -0.39 is 11.7 Å². The average Bonchev–Trinajstić information content (AvgIpc) is 3.15. The molecule has 0 bridgehead atoms. The number of hydrogen-bond acceptors (Lipinski definition) is 5. The third kappa shape index (κ3) is 4.96. The van der Waals surface area contributed by atoms with Crippen LogP contribution in [0.2, 0.25) is 0 Å². The second-order valence-corrected chi connectivity index (χ2v) is 7.59. The molecular weight excluding hydrogens is 395 g/mol. The molecule has 30 heavy (non-hydrogen) atoms. The van der Waals surface area contributed by atoms with E-state index in [9.17, 15) is 18.3 Å². The summed E-state index contributed by atoms with van der Waals surface area (Å²) in [5.41, 5.74) is 1.50. The Kier molecular flexibility index (Phi) is 5.72. The molecule has 1 N–H and O–H groups in total. The molecule has 1 saturated heterocycles. The van der Waals surface area contributed by atoms with Crippen LogP contribution in [0.4, 0.5) is 13.2 Å². The summed E-state index contributed by atoms with van der Waals surface area (Å²) in [5.74, 6) is 0.720. The first-order chi connectivity index (χ1) is 14.4. The number of nitrogens with zero attached hydrogens (tertiary/aromatic N) is 5.